The van der Waals surface area contributed by atoms with Crippen LogP contribution in [0.5, 0.6) is 5.75 Å². The smallest absolute Gasteiger partial charge is 0.125 e. The fourth-order valence-corrected chi connectivity index (χ4v) is 4.18. The fourth-order valence-electron chi connectivity index (χ4n) is 2.00. The molecule has 0 radical (unpaired) electrons. The Morgan fingerprint density at radius 1 is 1.35 bits per heavy atom. The van der Waals surface area contributed by atoms with Crippen molar-refractivity contribution < 1.29 is 4.74 Å². The normalized spacial score (nSPS) is 12.4. The molecule has 0 aliphatic rings. The van der Waals surface area contributed by atoms with Crippen LogP contribution in [0.15, 0.2) is 32.5 Å². The third-order valence-electron chi connectivity index (χ3n) is 2.86. The highest BCUT2D eigenvalue weighted by atomic mass is 79.9. The molecule has 1 unspecified atom stereocenters. The lowest BCUT2D eigenvalue weighted by molar-refractivity contribution is 0.404. The lowest BCUT2D eigenvalue weighted by Crippen LogP contribution is -2.21. The van der Waals surface area contributed by atoms with Crippen molar-refractivity contribution in [1.29, 1.82) is 0 Å². The third-order valence-corrected chi connectivity index (χ3v) is 5.90. The van der Waals surface area contributed by atoms with Crippen molar-refractivity contribution in [3.8, 4) is 5.75 Å². The molecule has 1 N–H and O–H groups in total. The largest absolute Gasteiger partial charge is 0.496 e. The summed E-state index contributed by atoms with van der Waals surface area (Å²) in [5, 5.41) is 4.23. The van der Waals surface area contributed by atoms with Gasteiger partial charge in [-0.1, -0.05) is 40.5 Å². The number of thiophene rings is 1. The van der Waals surface area contributed by atoms with Gasteiger partial charge in [0, 0.05) is 14.9 Å². The van der Waals surface area contributed by atoms with Crippen molar-refractivity contribution >= 4 is 54.8 Å². The molecule has 0 saturated carbocycles. The molecule has 1 aromatic heterocycles. The third kappa shape index (κ3) is 3.57. The molecule has 0 bridgehead atoms. The highest BCUT2D eigenvalue weighted by Crippen LogP contribution is 2.40. The minimum absolute atomic E-state index is 0.0665. The van der Waals surface area contributed by atoms with Crippen molar-refractivity contribution in [2.45, 2.75) is 13.0 Å². The highest BCUT2D eigenvalue weighted by molar-refractivity contribution is 9.11. The number of methoxy groups -OCH3 is 1. The van der Waals surface area contributed by atoms with E-state index in [1.807, 2.05) is 18.2 Å². The van der Waals surface area contributed by atoms with Gasteiger partial charge >= 0.3 is 0 Å². The summed E-state index contributed by atoms with van der Waals surface area (Å²) in [6, 6.07) is 8.12. The topological polar surface area (TPSA) is 21.3 Å². The molecule has 0 saturated heterocycles. The van der Waals surface area contributed by atoms with Gasteiger partial charge in [0.15, 0.2) is 0 Å². The molecule has 0 fully saturated rings. The van der Waals surface area contributed by atoms with Gasteiger partial charge in [0.1, 0.15) is 5.75 Å². The molecule has 2 aromatic rings. The molecule has 6 heteroatoms. The number of benzene rings is 1. The monoisotopic (exact) mass is 437 g/mol. The molecule has 2 nitrogen and oxygen atoms in total. The van der Waals surface area contributed by atoms with E-state index in [1.165, 1.54) is 0 Å². The highest BCUT2D eigenvalue weighted by Gasteiger charge is 2.20. The van der Waals surface area contributed by atoms with Gasteiger partial charge < -0.3 is 10.1 Å². The molecule has 108 valence electrons. The zero-order valence-electron chi connectivity index (χ0n) is 11.0. The molecule has 0 spiro atoms. The molecular formula is C14H14Br2ClNOS. The Morgan fingerprint density at radius 2 is 2.10 bits per heavy atom. The summed E-state index contributed by atoms with van der Waals surface area (Å²) in [6.45, 7) is 2.94. The molecule has 0 amide bonds. The first-order valence-corrected chi connectivity index (χ1v) is 8.86. The van der Waals surface area contributed by atoms with Gasteiger partial charge in [-0.3, -0.25) is 0 Å². The number of halogens is 3. The fraction of sp³-hybridized carbons (Fsp3) is 0.286. The molecule has 1 atom stereocenters. The summed E-state index contributed by atoms with van der Waals surface area (Å²) < 4.78 is 7.45. The van der Waals surface area contributed by atoms with Crippen LogP contribution in [0.3, 0.4) is 0 Å². The van der Waals surface area contributed by atoms with Gasteiger partial charge in [-0.25, -0.2) is 0 Å². The number of rotatable bonds is 5. The van der Waals surface area contributed by atoms with E-state index >= 15 is 0 Å². The minimum atomic E-state index is 0.0665. The first-order valence-electron chi connectivity index (χ1n) is 6.08. The van der Waals surface area contributed by atoms with Crippen LogP contribution in [0.2, 0.25) is 5.02 Å². The zero-order chi connectivity index (χ0) is 14.7. The summed E-state index contributed by atoms with van der Waals surface area (Å²) in [4.78, 5) is 1.16. The molecule has 2 rings (SSSR count). The van der Waals surface area contributed by atoms with Crippen LogP contribution >= 0.6 is 54.8 Å². The lowest BCUT2D eigenvalue weighted by atomic mass is 10.0. The standard InChI is InChI=1S/C14H14Br2ClNOS/c1-3-18-13(12-7-10(17)14(16)20-12)9-5-4-8(15)6-11(9)19-2/h4-7,13,18H,3H2,1-2H3. The minimum Gasteiger partial charge on any atom is -0.496 e. The molecule has 0 aliphatic heterocycles. The van der Waals surface area contributed by atoms with Crippen LogP contribution < -0.4 is 10.1 Å². The summed E-state index contributed by atoms with van der Waals surface area (Å²) in [6.07, 6.45) is 0. The molecule has 1 aromatic carbocycles. The number of hydrogen-bond acceptors (Lipinski definition) is 3. The van der Waals surface area contributed by atoms with Crippen LogP contribution in [0, 0.1) is 0 Å². The Labute approximate surface area is 144 Å². The number of ether oxygens (including phenoxy) is 1. The summed E-state index contributed by atoms with van der Waals surface area (Å²) >= 11 is 14.7. The van der Waals surface area contributed by atoms with E-state index in [1.54, 1.807) is 18.4 Å². The number of hydrogen-bond donors (Lipinski definition) is 1. The number of nitrogens with one attached hydrogen (secondary N) is 1. The lowest BCUT2D eigenvalue weighted by Gasteiger charge is -2.19. The first kappa shape index (κ1) is 16.3. The Balaban J connectivity index is 2.47. The van der Waals surface area contributed by atoms with Gasteiger partial charge in [0.2, 0.25) is 0 Å². The Kier molecular flexibility index (Phi) is 5.93. The maximum absolute atomic E-state index is 6.16. The second kappa shape index (κ2) is 7.27. The van der Waals surface area contributed by atoms with E-state index in [9.17, 15) is 0 Å². The van der Waals surface area contributed by atoms with Gasteiger partial charge in [0.25, 0.3) is 0 Å². The first-order chi connectivity index (χ1) is 9.56. The van der Waals surface area contributed by atoms with E-state index in [4.69, 9.17) is 16.3 Å². The molecule has 20 heavy (non-hydrogen) atoms. The maximum atomic E-state index is 6.16. The van der Waals surface area contributed by atoms with E-state index in [0.29, 0.717) is 0 Å². The van der Waals surface area contributed by atoms with Crippen molar-refractivity contribution in [2.75, 3.05) is 13.7 Å². The van der Waals surface area contributed by atoms with Crippen molar-refractivity contribution in [3.63, 3.8) is 0 Å². The van der Waals surface area contributed by atoms with E-state index in [-0.39, 0.29) is 6.04 Å². The zero-order valence-corrected chi connectivity index (χ0v) is 15.8. The van der Waals surface area contributed by atoms with E-state index in [0.717, 1.165) is 36.0 Å². The van der Waals surface area contributed by atoms with E-state index < -0.39 is 0 Å². The van der Waals surface area contributed by atoms with Crippen LogP contribution in [-0.4, -0.2) is 13.7 Å². The predicted octanol–water partition coefficient (Wildman–Crippen LogP) is 5.63. The van der Waals surface area contributed by atoms with Gasteiger partial charge in [0.05, 0.1) is 22.0 Å². The average Bonchev–Trinajstić information content (AvgIpc) is 2.76. The second-order valence-electron chi connectivity index (χ2n) is 4.15. The molecule has 0 aliphatic carbocycles. The second-order valence-corrected chi connectivity index (χ2v) is 7.87. The predicted molar refractivity (Wildman–Crippen MR) is 93.2 cm³/mol. The quantitative estimate of drug-likeness (QED) is 0.652. The Bertz CT molecular complexity index is 583. The Morgan fingerprint density at radius 3 is 2.65 bits per heavy atom. The summed E-state index contributed by atoms with van der Waals surface area (Å²) in [5.41, 5.74) is 1.10. The van der Waals surface area contributed by atoms with Gasteiger partial charge in [-0.15, -0.1) is 11.3 Å². The Hall–Kier alpha value is -0.0700. The molecular weight excluding hydrogens is 425 g/mol. The van der Waals surface area contributed by atoms with Gasteiger partial charge in [-0.05, 0) is 40.7 Å². The maximum Gasteiger partial charge on any atom is 0.125 e. The summed E-state index contributed by atoms with van der Waals surface area (Å²) in [7, 11) is 1.69. The van der Waals surface area contributed by atoms with Crippen molar-refractivity contribution in [2.24, 2.45) is 0 Å². The van der Waals surface area contributed by atoms with Crippen molar-refractivity contribution in [1.82, 2.24) is 5.32 Å². The molecule has 1 heterocycles. The van der Waals surface area contributed by atoms with Crippen LogP contribution in [0.4, 0.5) is 0 Å². The average molecular weight is 440 g/mol. The van der Waals surface area contributed by atoms with Crippen LogP contribution in [0.25, 0.3) is 0 Å². The van der Waals surface area contributed by atoms with Crippen LogP contribution in [0.1, 0.15) is 23.4 Å². The SMILES string of the molecule is CCNC(c1cc(Cl)c(Br)s1)c1ccc(Br)cc1OC. The van der Waals surface area contributed by atoms with Crippen LogP contribution in [-0.2, 0) is 0 Å². The summed E-state index contributed by atoms with van der Waals surface area (Å²) in [5.74, 6) is 0.853. The van der Waals surface area contributed by atoms with Gasteiger partial charge in [-0.2, -0.15) is 0 Å². The van der Waals surface area contributed by atoms with E-state index in [2.05, 4.69) is 50.2 Å². The van der Waals surface area contributed by atoms with Crippen molar-refractivity contribution in [3.05, 3.63) is 48.0 Å².